The molecule has 0 bridgehead atoms. The number of aromatic nitrogens is 1. The summed E-state index contributed by atoms with van der Waals surface area (Å²) in [5.41, 5.74) is -0.157. The van der Waals surface area contributed by atoms with Crippen molar-refractivity contribution in [2.75, 3.05) is 19.7 Å². The average molecular weight is 224 g/mol. The molecule has 0 aliphatic carbocycles. The van der Waals surface area contributed by atoms with Crippen molar-refractivity contribution >= 4 is 0 Å². The van der Waals surface area contributed by atoms with Crippen LogP contribution >= 0.6 is 0 Å². The molecule has 0 aromatic carbocycles. The summed E-state index contributed by atoms with van der Waals surface area (Å²) in [6.45, 7) is 7.62. The Labute approximate surface area is 96.7 Å². The Morgan fingerprint density at radius 3 is 2.81 bits per heavy atom. The van der Waals surface area contributed by atoms with Gasteiger partial charge in [0.05, 0.1) is 12.8 Å². The predicted octanol–water partition coefficient (Wildman–Crippen LogP) is 1.30. The minimum Gasteiger partial charge on any atom is -0.492 e. The van der Waals surface area contributed by atoms with E-state index >= 15 is 0 Å². The van der Waals surface area contributed by atoms with Gasteiger partial charge in [-0.05, 0) is 26.5 Å². The van der Waals surface area contributed by atoms with E-state index < -0.39 is 5.60 Å². The second-order valence-electron chi connectivity index (χ2n) is 3.90. The highest BCUT2D eigenvalue weighted by atomic mass is 16.5. The van der Waals surface area contributed by atoms with Crippen LogP contribution in [0.3, 0.4) is 0 Å². The van der Waals surface area contributed by atoms with Crippen molar-refractivity contribution in [3.63, 3.8) is 0 Å². The minimum absolute atomic E-state index is 0.501. The Morgan fingerprint density at radius 1 is 1.44 bits per heavy atom. The zero-order valence-corrected chi connectivity index (χ0v) is 10.2. The first-order valence-corrected chi connectivity index (χ1v) is 5.61. The number of pyridine rings is 1. The number of hydrogen-bond acceptors (Lipinski definition) is 4. The molecule has 90 valence electrons. The van der Waals surface area contributed by atoms with Crippen LogP contribution in [0.4, 0.5) is 0 Å². The third-order valence-electron chi connectivity index (χ3n) is 2.37. The molecule has 1 rings (SSSR count). The van der Waals surface area contributed by atoms with E-state index in [-0.39, 0.29) is 0 Å². The number of rotatable bonds is 6. The summed E-state index contributed by atoms with van der Waals surface area (Å²) >= 11 is 0. The van der Waals surface area contributed by atoms with E-state index in [4.69, 9.17) is 4.74 Å². The molecule has 16 heavy (non-hydrogen) atoms. The van der Waals surface area contributed by atoms with Crippen LogP contribution in [0.1, 0.15) is 26.3 Å². The predicted molar refractivity (Wildman–Crippen MR) is 63.5 cm³/mol. The van der Waals surface area contributed by atoms with Crippen LogP contribution in [0, 0.1) is 0 Å². The lowest BCUT2D eigenvalue weighted by molar-refractivity contribution is 0.0569. The van der Waals surface area contributed by atoms with E-state index in [0.717, 1.165) is 12.1 Å². The van der Waals surface area contributed by atoms with Crippen LogP contribution in [0.2, 0.25) is 0 Å². The van der Waals surface area contributed by atoms with Gasteiger partial charge in [-0.15, -0.1) is 0 Å². The van der Waals surface area contributed by atoms with Crippen molar-refractivity contribution in [3.05, 3.63) is 24.0 Å². The molecule has 0 aliphatic rings. The van der Waals surface area contributed by atoms with Crippen LogP contribution in [0.5, 0.6) is 5.75 Å². The second-order valence-corrected chi connectivity index (χ2v) is 3.90. The van der Waals surface area contributed by atoms with Gasteiger partial charge >= 0.3 is 0 Å². The average Bonchev–Trinajstić information content (AvgIpc) is 2.27. The van der Waals surface area contributed by atoms with E-state index in [1.165, 1.54) is 0 Å². The van der Waals surface area contributed by atoms with Gasteiger partial charge in [-0.25, -0.2) is 0 Å². The highest BCUT2D eigenvalue weighted by molar-refractivity contribution is 5.27. The van der Waals surface area contributed by atoms with Gasteiger partial charge in [0, 0.05) is 18.3 Å². The first-order chi connectivity index (χ1) is 7.60. The molecule has 1 aromatic heterocycles. The standard InChI is InChI=1S/C12H20N2O2/c1-4-13-9-12(3,15)10-6-11(16-5-2)8-14-7-10/h6-8,13,15H,4-5,9H2,1-3H3. The second kappa shape index (κ2) is 5.82. The van der Waals surface area contributed by atoms with Crippen molar-refractivity contribution in [1.82, 2.24) is 10.3 Å². The molecule has 0 fully saturated rings. The highest BCUT2D eigenvalue weighted by Crippen LogP contribution is 2.22. The van der Waals surface area contributed by atoms with Crippen molar-refractivity contribution < 1.29 is 9.84 Å². The molecule has 1 unspecified atom stereocenters. The van der Waals surface area contributed by atoms with Crippen LogP contribution < -0.4 is 10.1 Å². The van der Waals surface area contributed by atoms with E-state index in [9.17, 15) is 5.11 Å². The maximum Gasteiger partial charge on any atom is 0.137 e. The monoisotopic (exact) mass is 224 g/mol. The highest BCUT2D eigenvalue weighted by Gasteiger charge is 2.23. The quantitative estimate of drug-likeness (QED) is 0.764. The van der Waals surface area contributed by atoms with Crippen LogP contribution in [-0.2, 0) is 5.60 Å². The fourth-order valence-electron chi connectivity index (χ4n) is 1.43. The Balaban J connectivity index is 2.80. The fraction of sp³-hybridized carbons (Fsp3) is 0.583. The molecule has 0 radical (unpaired) electrons. The van der Waals surface area contributed by atoms with Crippen LogP contribution in [0.25, 0.3) is 0 Å². The molecule has 0 amide bonds. The smallest absolute Gasteiger partial charge is 0.137 e. The minimum atomic E-state index is -0.921. The molecule has 0 aliphatic heterocycles. The number of ether oxygens (including phenoxy) is 1. The number of nitrogens with one attached hydrogen (secondary N) is 1. The number of nitrogens with zero attached hydrogens (tertiary/aromatic N) is 1. The summed E-state index contributed by atoms with van der Waals surface area (Å²) in [7, 11) is 0. The molecule has 1 heterocycles. The molecule has 4 heteroatoms. The molecular formula is C12H20N2O2. The Kier molecular flexibility index (Phi) is 4.71. The lowest BCUT2D eigenvalue weighted by Gasteiger charge is -2.24. The lowest BCUT2D eigenvalue weighted by atomic mass is 9.98. The fourth-order valence-corrected chi connectivity index (χ4v) is 1.43. The number of likely N-dealkylation sites (N-methyl/N-ethyl adjacent to an activating group) is 1. The molecule has 4 nitrogen and oxygen atoms in total. The zero-order chi connectivity index (χ0) is 12.0. The van der Waals surface area contributed by atoms with Gasteiger partial charge < -0.3 is 15.2 Å². The molecule has 1 aromatic rings. The Hall–Kier alpha value is -1.13. The maximum absolute atomic E-state index is 10.3. The molecule has 0 saturated heterocycles. The summed E-state index contributed by atoms with van der Waals surface area (Å²) in [6.07, 6.45) is 3.32. The summed E-state index contributed by atoms with van der Waals surface area (Å²) in [5.74, 6) is 0.691. The third-order valence-corrected chi connectivity index (χ3v) is 2.37. The SMILES string of the molecule is CCNCC(C)(O)c1cncc(OCC)c1. The number of hydrogen-bond donors (Lipinski definition) is 2. The van der Waals surface area contributed by atoms with Crippen molar-refractivity contribution in [3.8, 4) is 5.75 Å². The van der Waals surface area contributed by atoms with Crippen LogP contribution in [0.15, 0.2) is 18.5 Å². The molecular weight excluding hydrogens is 204 g/mol. The third kappa shape index (κ3) is 3.47. The molecule has 0 spiro atoms. The van der Waals surface area contributed by atoms with Gasteiger partial charge in [-0.1, -0.05) is 6.92 Å². The van der Waals surface area contributed by atoms with Gasteiger partial charge in [-0.2, -0.15) is 0 Å². The van der Waals surface area contributed by atoms with E-state index in [1.807, 2.05) is 19.9 Å². The van der Waals surface area contributed by atoms with E-state index in [0.29, 0.717) is 18.9 Å². The summed E-state index contributed by atoms with van der Waals surface area (Å²) in [6, 6.07) is 1.83. The first-order valence-electron chi connectivity index (χ1n) is 5.61. The topological polar surface area (TPSA) is 54.4 Å². The lowest BCUT2D eigenvalue weighted by Crippen LogP contribution is -2.35. The van der Waals surface area contributed by atoms with E-state index in [2.05, 4.69) is 10.3 Å². The van der Waals surface area contributed by atoms with Crippen LogP contribution in [-0.4, -0.2) is 29.8 Å². The molecule has 2 N–H and O–H groups in total. The summed E-state index contributed by atoms with van der Waals surface area (Å²) in [5, 5.41) is 13.4. The zero-order valence-electron chi connectivity index (χ0n) is 10.2. The van der Waals surface area contributed by atoms with Crippen molar-refractivity contribution in [2.24, 2.45) is 0 Å². The van der Waals surface area contributed by atoms with Gasteiger partial charge in [-0.3, -0.25) is 4.98 Å². The normalized spacial score (nSPS) is 14.5. The summed E-state index contributed by atoms with van der Waals surface area (Å²) < 4.78 is 5.35. The molecule has 0 saturated carbocycles. The van der Waals surface area contributed by atoms with Gasteiger partial charge in [0.25, 0.3) is 0 Å². The largest absolute Gasteiger partial charge is 0.492 e. The Bertz CT molecular complexity index is 327. The van der Waals surface area contributed by atoms with Gasteiger partial charge in [0.1, 0.15) is 11.4 Å². The van der Waals surface area contributed by atoms with Crippen molar-refractivity contribution in [1.29, 1.82) is 0 Å². The molecule has 1 atom stereocenters. The van der Waals surface area contributed by atoms with Gasteiger partial charge in [0.15, 0.2) is 0 Å². The maximum atomic E-state index is 10.3. The summed E-state index contributed by atoms with van der Waals surface area (Å²) in [4.78, 5) is 4.06. The Morgan fingerprint density at radius 2 is 2.19 bits per heavy atom. The van der Waals surface area contributed by atoms with Crippen molar-refractivity contribution in [2.45, 2.75) is 26.4 Å². The van der Waals surface area contributed by atoms with Gasteiger partial charge in [0.2, 0.25) is 0 Å². The first kappa shape index (κ1) is 12.9. The number of aliphatic hydroxyl groups is 1. The van der Waals surface area contributed by atoms with E-state index in [1.54, 1.807) is 19.3 Å².